The predicted octanol–water partition coefficient (Wildman–Crippen LogP) is 2.36. The molecule has 0 unspecified atom stereocenters. The van der Waals surface area contributed by atoms with E-state index < -0.39 is 0 Å². The Bertz CT molecular complexity index is 732. The molecule has 0 saturated carbocycles. The molecule has 0 aliphatic heterocycles. The molecule has 2 aromatic heterocycles. The van der Waals surface area contributed by atoms with E-state index in [-0.39, 0.29) is 11.3 Å². The third-order valence-corrected chi connectivity index (χ3v) is 3.35. The number of fused-ring (bicyclic) bond motifs is 1. The molecule has 0 aliphatic carbocycles. The third-order valence-electron chi connectivity index (χ3n) is 2.47. The van der Waals surface area contributed by atoms with Crippen LogP contribution in [0.3, 0.4) is 0 Å². The Hall–Kier alpha value is -2.14. The van der Waals surface area contributed by atoms with Crippen molar-refractivity contribution in [3.63, 3.8) is 0 Å². The normalized spacial score (nSPS) is 10.8. The average Bonchev–Trinajstić information content (AvgIpc) is 2.84. The van der Waals surface area contributed by atoms with Gasteiger partial charge in [-0.05, 0) is 23.6 Å². The lowest BCUT2D eigenvalue weighted by molar-refractivity contribution is 0.480. The minimum atomic E-state index is -0.241. The maximum absolute atomic E-state index is 11.8. The van der Waals surface area contributed by atoms with Crippen LogP contribution < -0.4 is 5.56 Å². The smallest absolute Gasteiger partial charge is 0.259 e. The summed E-state index contributed by atoms with van der Waals surface area (Å²) in [6.07, 6.45) is 0. The molecular weight excluding hydrogens is 236 g/mol. The zero-order valence-corrected chi connectivity index (χ0v) is 9.49. The van der Waals surface area contributed by atoms with Crippen molar-refractivity contribution in [1.29, 1.82) is 0 Å². The van der Waals surface area contributed by atoms with Gasteiger partial charge >= 0.3 is 0 Å². The molecule has 3 aromatic rings. The molecule has 3 rings (SSSR count). The Kier molecular flexibility index (Phi) is 2.19. The number of thiophene rings is 1. The molecule has 0 fully saturated rings. The van der Waals surface area contributed by atoms with Crippen molar-refractivity contribution in [2.75, 3.05) is 0 Å². The summed E-state index contributed by atoms with van der Waals surface area (Å²) < 4.78 is 0. The number of nitrogens with zero attached hydrogens (tertiary/aromatic N) is 1. The zero-order chi connectivity index (χ0) is 11.8. The van der Waals surface area contributed by atoms with E-state index in [1.165, 1.54) is 17.4 Å². The Labute approximate surface area is 100 Å². The van der Waals surface area contributed by atoms with E-state index in [0.29, 0.717) is 16.7 Å². The zero-order valence-electron chi connectivity index (χ0n) is 8.68. The van der Waals surface area contributed by atoms with Crippen molar-refractivity contribution in [2.24, 2.45) is 0 Å². The number of phenols is 1. The van der Waals surface area contributed by atoms with Crippen molar-refractivity contribution < 1.29 is 5.11 Å². The number of H-pyrrole nitrogens is 1. The Morgan fingerprint density at radius 2 is 2.12 bits per heavy atom. The van der Waals surface area contributed by atoms with Crippen LogP contribution in [0.15, 0.2) is 40.5 Å². The lowest BCUT2D eigenvalue weighted by Crippen LogP contribution is -2.09. The Balaban J connectivity index is 2.38. The summed E-state index contributed by atoms with van der Waals surface area (Å²) in [5.41, 5.74) is 0.0916. The van der Waals surface area contributed by atoms with Crippen molar-refractivity contribution in [2.45, 2.75) is 0 Å². The van der Waals surface area contributed by atoms with Crippen LogP contribution in [0.5, 0.6) is 5.75 Å². The highest BCUT2D eigenvalue weighted by Crippen LogP contribution is 2.24. The van der Waals surface area contributed by atoms with Gasteiger partial charge in [0, 0.05) is 0 Å². The van der Waals surface area contributed by atoms with Gasteiger partial charge in [0.25, 0.3) is 5.56 Å². The highest BCUT2D eigenvalue weighted by Gasteiger charge is 2.08. The molecule has 0 bridgehead atoms. The standard InChI is InChI=1S/C12H8N2O2S/c15-8-4-1-3-7-10(8)13-11(14-12(7)16)9-5-2-6-17-9/h1-6,15H,(H,13,14,16). The van der Waals surface area contributed by atoms with E-state index in [9.17, 15) is 9.90 Å². The number of phenolic OH excluding ortho intramolecular Hbond substituents is 1. The first-order valence-corrected chi connectivity index (χ1v) is 5.89. The molecule has 4 nitrogen and oxygen atoms in total. The number of nitrogens with one attached hydrogen (secondary N) is 1. The Morgan fingerprint density at radius 1 is 1.24 bits per heavy atom. The number of para-hydroxylation sites is 1. The van der Waals surface area contributed by atoms with E-state index in [4.69, 9.17) is 0 Å². The molecule has 0 radical (unpaired) electrons. The molecule has 0 spiro atoms. The minimum Gasteiger partial charge on any atom is -0.506 e. The second-order valence-electron chi connectivity index (χ2n) is 3.57. The molecule has 0 aliphatic rings. The lowest BCUT2D eigenvalue weighted by atomic mass is 10.2. The van der Waals surface area contributed by atoms with E-state index in [1.54, 1.807) is 12.1 Å². The van der Waals surface area contributed by atoms with Crippen LogP contribution in [-0.2, 0) is 0 Å². The number of rotatable bonds is 1. The van der Waals surface area contributed by atoms with Gasteiger partial charge < -0.3 is 10.1 Å². The van der Waals surface area contributed by atoms with Gasteiger partial charge in [-0.1, -0.05) is 12.1 Å². The highest BCUT2D eigenvalue weighted by atomic mass is 32.1. The first-order valence-electron chi connectivity index (χ1n) is 5.01. The number of benzene rings is 1. The molecule has 5 heteroatoms. The van der Waals surface area contributed by atoms with Gasteiger partial charge in [-0.2, -0.15) is 0 Å². The summed E-state index contributed by atoms with van der Waals surface area (Å²) in [6, 6.07) is 8.54. The molecule has 2 N–H and O–H groups in total. The van der Waals surface area contributed by atoms with Crippen molar-refractivity contribution >= 4 is 22.2 Å². The highest BCUT2D eigenvalue weighted by molar-refractivity contribution is 7.13. The summed E-state index contributed by atoms with van der Waals surface area (Å²) in [5, 5.41) is 12.0. The van der Waals surface area contributed by atoms with Gasteiger partial charge in [-0.15, -0.1) is 11.3 Å². The quantitative estimate of drug-likeness (QED) is 0.690. The molecule has 17 heavy (non-hydrogen) atoms. The van der Waals surface area contributed by atoms with Crippen LogP contribution in [0.25, 0.3) is 21.6 Å². The third kappa shape index (κ3) is 1.60. The maximum atomic E-state index is 11.8. The molecule has 84 valence electrons. The number of hydrogen-bond donors (Lipinski definition) is 2. The number of aromatic hydroxyl groups is 1. The maximum Gasteiger partial charge on any atom is 0.259 e. The summed E-state index contributed by atoms with van der Waals surface area (Å²) in [6.45, 7) is 0. The second-order valence-corrected chi connectivity index (χ2v) is 4.51. The van der Waals surface area contributed by atoms with Gasteiger partial charge in [0.2, 0.25) is 0 Å². The fraction of sp³-hybridized carbons (Fsp3) is 0. The van der Waals surface area contributed by atoms with Crippen LogP contribution in [0.2, 0.25) is 0 Å². The van der Waals surface area contributed by atoms with Gasteiger partial charge in [0.15, 0.2) is 5.82 Å². The van der Waals surface area contributed by atoms with E-state index >= 15 is 0 Å². The SMILES string of the molecule is O=c1[nH]c(-c2cccs2)nc2c(O)cccc12. The van der Waals surface area contributed by atoms with Gasteiger partial charge in [0.1, 0.15) is 11.3 Å². The summed E-state index contributed by atoms with van der Waals surface area (Å²) >= 11 is 1.48. The Morgan fingerprint density at radius 3 is 2.88 bits per heavy atom. The van der Waals surface area contributed by atoms with Crippen LogP contribution in [0, 0.1) is 0 Å². The van der Waals surface area contributed by atoms with Crippen molar-refractivity contribution in [3.05, 3.63) is 46.1 Å². The fourth-order valence-corrected chi connectivity index (χ4v) is 2.35. The molecule has 2 heterocycles. The number of aromatic amines is 1. The molecular formula is C12H8N2O2S. The van der Waals surface area contributed by atoms with Crippen molar-refractivity contribution in [1.82, 2.24) is 9.97 Å². The fourth-order valence-electron chi connectivity index (χ4n) is 1.68. The van der Waals surface area contributed by atoms with Gasteiger partial charge in [-0.25, -0.2) is 4.98 Å². The topological polar surface area (TPSA) is 66.0 Å². The van der Waals surface area contributed by atoms with Crippen molar-refractivity contribution in [3.8, 4) is 16.5 Å². The van der Waals surface area contributed by atoms with E-state index in [1.807, 2.05) is 17.5 Å². The van der Waals surface area contributed by atoms with E-state index in [2.05, 4.69) is 9.97 Å². The number of aromatic nitrogens is 2. The summed E-state index contributed by atoms with van der Waals surface area (Å²) in [5.74, 6) is 0.505. The summed E-state index contributed by atoms with van der Waals surface area (Å²) in [7, 11) is 0. The molecule has 0 atom stereocenters. The second kappa shape index (κ2) is 3.71. The van der Waals surface area contributed by atoms with Crippen LogP contribution in [0.4, 0.5) is 0 Å². The van der Waals surface area contributed by atoms with Gasteiger partial charge in [-0.3, -0.25) is 4.79 Å². The van der Waals surface area contributed by atoms with Crippen LogP contribution >= 0.6 is 11.3 Å². The van der Waals surface area contributed by atoms with Gasteiger partial charge in [0.05, 0.1) is 10.3 Å². The predicted molar refractivity (Wildman–Crippen MR) is 67.3 cm³/mol. The minimum absolute atomic E-state index is 0.0198. The average molecular weight is 244 g/mol. The summed E-state index contributed by atoms with van der Waals surface area (Å²) in [4.78, 5) is 19.7. The van der Waals surface area contributed by atoms with Crippen LogP contribution in [-0.4, -0.2) is 15.1 Å². The van der Waals surface area contributed by atoms with Crippen LogP contribution in [0.1, 0.15) is 0 Å². The first-order chi connectivity index (χ1) is 8.25. The molecule has 1 aromatic carbocycles. The largest absolute Gasteiger partial charge is 0.506 e. The molecule has 0 saturated heterocycles. The lowest BCUT2D eigenvalue weighted by Gasteiger charge is -2.02. The monoisotopic (exact) mass is 244 g/mol. The molecule has 0 amide bonds. The number of hydrogen-bond acceptors (Lipinski definition) is 4. The van der Waals surface area contributed by atoms with E-state index in [0.717, 1.165) is 4.88 Å². The first kappa shape index (κ1) is 10.0.